The molecule has 4 rings (SSSR count). The van der Waals surface area contributed by atoms with Gasteiger partial charge in [-0.1, -0.05) is 17.7 Å². The molecule has 0 aliphatic carbocycles. The lowest BCUT2D eigenvalue weighted by Crippen LogP contribution is -2.14. The zero-order chi connectivity index (χ0) is 22.7. The topological polar surface area (TPSA) is 69.0 Å². The lowest BCUT2D eigenvalue weighted by Gasteiger charge is -2.10. The summed E-state index contributed by atoms with van der Waals surface area (Å²) in [7, 11) is 0. The van der Waals surface area contributed by atoms with Crippen LogP contribution in [0.1, 0.15) is 23.1 Å². The molecule has 8 heteroatoms. The molecular weight excluding hydrogens is 431 g/mol. The molecule has 0 atom stereocenters. The van der Waals surface area contributed by atoms with E-state index >= 15 is 0 Å². The first-order chi connectivity index (χ1) is 15.5. The van der Waals surface area contributed by atoms with Crippen molar-refractivity contribution in [2.75, 3.05) is 11.9 Å². The van der Waals surface area contributed by atoms with Gasteiger partial charge < -0.3 is 10.1 Å². The summed E-state index contributed by atoms with van der Waals surface area (Å²) in [6, 6.07) is 18.2. The molecule has 0 aliphatic rings. The van der Waals surface area contributed by atoms with Crippen LogP contribution in [0.3, 0.4) is 0 Å². The molecule has 6 nitrogen and oxygen atoms in total. The SMILES string of the molecule is CCOc1ccc(NC(=O)c2nc(-c3ccc(F)cc3)n(-c3cccc(Cl)c3C)n2)cc1. The van der Waals surface area contributed by atoms with E-state index in [4.69, 9.17) is 16.3 Å². The van der Waals surface area contributed by atoms with E-state index in [2.05, 4.69) is 15.4 Å². The molecular formula is C24H20ClFN4O2. The highest BCUT2D eigenvalue weighted by molar-refractivity contribution is 6.31. The van der Waals surface area contributed by atoms with E-state index < -0.39 is 5.91 Å². The quantitative estimate of drug-likeness (QED) is 0.410. The largest absolute Gasteiger partial charge is 0.494 e. The van der Waals surface area contributed by atoms with E-state index in [1.165, 1.54) is 12.1 Å². The second-order valence-corrected chi connectivity index (χ2v) is 7.38. The summed E-state index contributed by atoms with van der Waals surface area (Å²) in [4.78, 5) is 17.3. The Morgan fingerprint density at radius 1 is 1.09 bits per heavy atom. The second-order valence-electron chi connectivity index (χ2n) is 6.97. The highest BCUT2D eigenvalue weighted by atomic mass is 35.5. The molecule has 0 radical (unpaired) electrons. The van der Waals surface area contributed by atoms with Gasteiger partial charge in [0.2, 0.25) is 5.82 Å². The summed E-state index contributed by atoms with van der Waals surface area (Å²) in [5.41, 5.74) is 2.64. The maximum Gasteiger partial charge on any atom is 0.295 e. The number of hydrogen-bond donors (Lipinski definition) is 1. The number of aromatic nitrogens is 3. The Morgan fingerprint density at radius 2 is 1.81 bits per heavy atom. The number of benzene rings is 3. The van der Waals surface area contributed by atoms with Crippen LogP contribution in [0, 0.1) is 12.7 Å². The molecule has 0 aliphatic heterocycles. The molecule has 162 valence electrons. The van der Waals surface area contributed by atoms with Gasteiger partial charge in [0.15, 0.2) is 5.82 Å². The second kappa shape index (κ2) is 9.20. The fourth-order valence-electron chi connectivity index (χ4n) is 3.18. The molecule has 0 unspecified atom stereocenters. The van der Waals surface area contributed by atoms with Crippen molar-refractivity contribution in [3.63, 3.8) is 0 Å². The molecule has 1 N–H and O–H groups in total. The number of carbonyl (C=O) groups excluding carboxylic acids is 1. The van der Waals surface area contributed by atoms with Gasteiger partial charge in [0.25, 0.3) is 5.91 Å². The Bertz CT molecular complexity index is 1250. The number of ether oxygens (including phenoxy) is 1. The number of nitrogens with zero attached hydrogens (tertiary/aromatic N) is 3. The highest BCUT2D eigenvalue weighted by Gasteiger charge is 2.20. The number of nitrogens with one attached hydrogen (secondary N) is 1. The minimum atomic E-state index is -0.476. The van der Waals surface area contributed by atoms with Gasteiger partial charge >= 0.3 is 0 Å². The first-order valence-electron chi connectivity index (χ1n) is 9.99. The number of halogens is 2. The van der Waals surface area contributed by atoms with Gasteiger partial charge in [-0.15, -0.1) is 5.10 Å². The number of amides is 1. The van der Waals surface area contributed by atoms with Crippen LogP contribution >= 0.6 is 11.6 Å². The fraction of sp³-hybridized carbons (Fsp3) is 0.125. The lowest BCUT2D eigenvalue weighted by atomic mass is 10.1. The summed E-state index contributed by atoms with van der Waals surface area (Å²) in [6.07, 6.45) is 0. The number of hydrogen-bond acceptors (Lipinski definition) is 4. The first kappa shape index (κ1) is 21.5. The van der Waals surface area contributed by atoms with Crippen molar-refractivity contribution >= 4 is 23.2 Å². The minimum Gasteiger partial charge on any atom is -0.494 e. The standard InChI is InChI=1S/C24H20ClFN4O2/c1-3-32-19-13-11-18(12-14-19)27-24(31)22-28-23(16-7-9-17(26)10-8-16)30(29-22)21-6-4-5-20(25)15(21)2/h4-14H,3H2,1-2H3,(H,27,31). The zero-order valence-corrected chi connectivity index (χ0v) is 18.2. The predicted molar refractivity (Wildman–Crippen MR) is 122 cm³/mol. The number of rotatable bonds is 6. The molecule has 1 heterocycles. The summed E-state index contributed by atoms with van der Waals surface area (Å²) >= 11 is 6.29. The third-order valence-electron chi connectivity index (χ3n) is 4.80. The Labute approximate surface area is 189 Å². The number of anilines is 1. The molecule has 32 heavy (non-hydrogen) atoms. The van der Waals surface area contributed by atoms with Crippen LogP contribution in [-0.4, -0.2) is 27.3 Å². The van der Waals surface area contributed by atoms with Crippen molar-refractivity contribution in [1.82, 2.24) is 14.8 Å². The van der Waals surface area contributed by atoms with Crippen LogP contribution in [0.15, 0.2) is 66.7 Å². The minimum absolute atomic E-state index is 0.0300. The van der Waals surface area contributed by atoms with Crippen LogP contribution in [0.4, 0.5) is 10.1 Å². The monoisotopic (exact) mass is 450 g/mol. The van der Waals surface area contributed by atoms with Crippen molar-refractivity contribution in [2.45, 2.75) is 13.8 Å². The molecule has 1 aromatic heterocycles. The molecule has 0 bridgehead atoms. The molecule has 0 saturated carbocycles. The van der Waals surface area contributed by atoms with Crippen LogP contribution < -0.4 is 10.1 Å². The van der Waals surface area contributed by atoms with Gasteiger partial charge in [0.1, 0.15) is 11.6 Å². The van der Waals surface area contributed by atoms with Crippen molar-refractivity contribution in [1.29, 1.82) is 0 Å². The van der Waals surface area contributed by atoms with Crippen molar-refractivity contribution in [3.05, 3.63) is 89.0 Å². The summed E-state index contributed by atoms with van der Waals surface area (Å²) in [6.45, 7) is 4.31. The Kier molecular flexibility index (Phi) is 6.18. The molecule has 1 amide bonds. The third-order valence-corrected chi connectivity index (χ3v) is 5.21. The average molecular weight is 451 g/mol. The van der Waals surface area contributed by atoms with E-state index in [1.54, 1.807) is 53.2 Å². The van der Waals surface area contributed by atoms with Crippen LogP contribution in [0.25, 0.3) is 17.1 Å². The van der Waals surface area contributed by atoms with Gasteiger partial charge in [-0.3, -0.25) is 4.79 Å². The third kappa shape index (κ3) is 4.48. The highest BCUT2D eigenvalue weighted by Crippen LogP contribution is 2.27. The number of carbonyl (C=O) groups is 1. The van der Waals surface area contributed by atoms with Gasteiger partial charge in [-0.05, 0) is 80.1 Å². The molecule has 4 aromatic rings. The van der Waals surface area contributed by atoms with Gasteiger partial charge in [-0.2, -0.15) is 0 Å². The average Bonchev–Trinajstić information content (AvgIpc) is 3.23. The van der Waals surface area contributed by atoms with E-state index in [-0.39, 0.29) is 11.6 Å². The van der Waals surface area contributed by atoms with Crippen LogP contribution in [0.2, 0.25) is 5.02 Å². The lowest BCUT2D eigenvalue weighted by molar-refractivity contribution is 0.101. The Balaban J connectivity index is 1.72. The summed E-state index contributed by atoms with van der Waals surface area (Å²) < 4.78 is 20.4. The van der Waals surface area contributed by atoms with Crippen molar-refractivity contribution < 1.29 is 13.9 Å². The van der Waals surface area contributed by atoms with Crippen molar-refractivity contribution in [2.24, 2.45) is 0 Å². The van der Waals surface area contributed by atoms with E-state index in [0.29, 0.717) is 40.1 Å². The maximum atomic E-state index is 13.5. The van der Waals surface area contributed by atoms with E-state index in [1.807, 2.05) is 19.9 Å². The molecule has 3 aromatic carbocycles. The molecule has 0 saturated heterocycles. The molecule has 0 spiro atoms. The van der Waals surface area contributed by atoms with Crippen LogP contribution in [-0.2, 0) is 0 Å². The Hall–Kier alpha value is -3.71. The molecule has 0 fully saturated rings. The zero-order valence-electron chi connectivity index (χ0n) is 17.5. The summed E-state index contributed by atoms with van der Waals surface area (Å²) in [5, 5.41) is 7.79. The maximum absolute atomic E-state index is 13.5. The van der Waals surface area contributed by atoms with Crippen molar-refractivity contribution in [3.8, 4) is 22.8 Å². The van der Waals surface area contributed by atoms with E-state index in [0.717, 1.165) is 5.56 Å². The predicted octanol–water partition coefficient (Wildman–Crippen LogP) is 5.69. The Morgan fingerprint density at radius 3 is 2.50 bits per heavy atom. The van der Waals surface area contributed by atoms with E-state index in [9.17, 15) is 9.18 Å². The summed E-state index contributed by atoms with van der Waals surface area (Å²) in [5.74, 6) is 0.232. The van der Waals surface area contributed by atoms with Crippen LogP contribution in [0.5, 0.6) is 5.75 Å². The van der Waals surface area contributed by atoms with Gasteiger partial charge in [0.05, 0.1) is 12.3 Å². The fourth-order valence-corrected chi connectivity index (χ4v) is 3.35. The van der Waals surface area contributed by atoms with Gasteiger partial charge in [0, 0.05) is 16.3 Å². The smallest absolute Gasteiger partial charge is 0.295 e. The van der Waals surface area contributed by atoms with Gasteiger partial charge in [-0.25, -0.2) is 14.1 Å². The normalized spacial score (nSPS) is 10.8. The first-order valence-corrected chi connectivity index (χ1v) is 10.4.